The zero-order valence-electron chi connectivity index (χ0n) is 10.3. The van der Waals surface area contributed by atoms with E-state index in [2.05, 4.69) is 26.4 Å². The Morgan fingerprint density at radius 2 is 2.21 bits per heavy atom. The van der Waals surface area contributed by atoms with E-state index in [9.17, 15) is 0 Å². The Morgan fingerprint density at radius 1 is 1.37 bits per heavy atom. The van der Waals surface area contributed by atoms with Crippen LogP contribution in [0.3, 0.4) is 0 Å². The Bertz CT molecular complexity index is 702. The van der Waals surface area contributed by atoms with Crippen molar-refractivity contribution in [2.45, 2.75) is 18.8 Å². The lowest BCUT2D eigenvalue weighted by Crippen LogP contribution is -2.05. The summed E-state index contributed by atoms with van der Waals surface area (Å²) in [5, 5.41) is 4.76. The van der Waals surface area contributed by atoms with Crippen molar-refractivity contribution in [1.29, 1.82) is 0 Å². The molecule has 0 aliphatic heterocycles. The van der Waals surface area contributed by atoms with Gasteiger partial charge in [0.05, 0.1) is 28.0 Å². The SMILES string of the molecule is CC(Cl)c1nc2cccc(Cl)c2n1Cc1ccsc1. The number of thiophene rings is 1. The molecule has 5 heteroatoms. The Kier molecular flexibility index (Phi) is 3.52. The number of imidazole rings is 1. The van der Waals surface area contributed by atoms with E-state index in [-0.39, 0.29) is 5.38 Å². The van der Waals surface area contributed by atoms with Crippen molar-refractivity contribution in [1.82, 2.24) is 9.55 Å². The number of nitrogens with zero attached hydrogens (tertiary/aromatic N) is 2. The molecule has 0 saturated carbocycles. The molecule has 1 aromatic carbocycles. The van der Waals surface area contributed by atoms with Crippen molar-refractivity contribution in [3.05, 3.63) is 51.4 Å². The molecule has 3 aromatic rings. The van der Waals surface area contributed by atoms with Crippen LogP contribution in [0, 0.1) is 0 Å². The normalized spacial score (nSPS) is 13.0. The molecule has 2 nitrogen and oxygen atoms in total. The third-order valence-corrected chi connectivity index (χ3v) is 4.26. The van der Waals surface area contributed by atoms with Gasteiger partial charge in [-0.3, -0.25) is 0 Å². The quantitative estimate of drug-likeness (QED) is 0.615. The maximum absolute atomic E-state index is 6.32. The summed E-state index contributed by atoms with van der Waals surface area (Å²) in [6.45, 7) is 2.68. The zero-order chi connectivity index (χ0) is 13.4. The number of rotatable bonds is 3. The fourth-order valence-corrected chi connectivity index (χ4v) is 3.29. The van der Waals surface area contributed by atoms with E-state index in [1.165, 1.54) is 5.56 Å². The van der Waals surface area contributed by atoms with Gasteiger partial charge < -0.3 is 4.57 Å². The lowest BCUT2D eigenvalue weighted by atomic mass is 10.3. The van der Waals surface area contributed by atoms with E-state index in [0.717, 1.165) is 23.4 Å². The van der Waals surface area contributed by atoms with E-state index in [0.29, 0.717) is 5.02 Å². The summed E-state index contributed by atoms with van der Waals surface area (Å²) in [5.41, 5.74) is 3.09. The minimum atomic E-state index is -0.151. The van der Waals surface area contributed by atoms with Crippen LogP contribution in [-0.2, 0) is 6.54 Å². The highest BCUT2D eigenvalue weighted by Crippen LogP contribution is 2.30. The third kappa shape index (κ3) is 2.38. The van der Waals surface area contributed by atoms with Crippen LogP contribution in [0.2, 0.25) is 5.02 Å². The van der Waals surface area contributed by atoms with Gasteiger partial charge in [-0.25, -0.2) is 4.98 Å². The zero-order valence-corrected chi connectivity index (χ0v) is 12.6. The minimum Gasteiger partial charge on any atom is -0.321 e. The van der Waals surface area contributed by atoms with Crippen molar-refractivity contribution in [3.8, 4) is 0 Å². The number of para-hydroxylation sites is 1. The fraction of sp³-hybridized carbons (Fsp3) is 0.214. The van der Waals surface area contributed by atoms with Gasteiger partial charge in [0, 0.05) is 0 Å². The second-order valence-electron chi connectivity index (χ2n) is 4.41. The van der Waals surface area contributed by atoms with Crippen molar-refractivity contribution < 1.29 is 0 Å². The van der Waals surface area contributed by atoms with Crippen LogP contribution in [0.25, 0.3) is 11.0 Å². The molecular formula is C14H12Cl2N2S. The maximum Gasteiger partial charge on any atom is 0.128 e. The van der Waals surface area contributed by atoms with E-state index in [4.69, 9.17) is 23.2 Å². The summed E-state index contributed by atoms with van der Waals surface area (Å²) in [6.07, 6.45) is 0. The predicted octanol–water partition coefficient (Wildman–Crippen LogP) is 5.10. The van der Waals surface area contributed by atoms with Gasteiger partial charge in [0.15, 0.2) is 0 Å². The van der Waals surface area contributed by atoms with Crippen molar-refractivity contribution >= 4 is 45.6 Å². The second-order valence-corrected chi connectivity index (χ2v) is 6.25. The molecule has 0 radical (unpaired) electrons. The van der Waals surface area contributed by atoms with E-state index in [1.807, 2.05) is 25.1 Å². The fourth-order valence-electron chi connectivity index (χ4n) is 2.19. The highest BCUT2D eigenvalue weighted by molar-refractivity contribution is 7.07. The molecule has 0 fully saturated rings. The molecule has 0 saturated heterocycles. The number of benzene rings is 1. The third-order valence-electron chi connectivity index (χ3n) is 3.02. The lowest BCUT2D eigenvalue weighted by Gasteiger charge is -2.10. The molecule has 0 aliphatic carbocycles. The average Bonchev–Trinajstić information content (AvgIpc) is 2.98. The predicted molar refractivity (Wildman–Crippen MR) is 82.4 cm³/mol. The molecular weight excluding hydrogens is 299 g/mol. The Morgan fingerprint density at radius 3 is 2.89 bits per heavy atom. The van der Waals surface area contributed by atoms with Crippen LogP contribution < -0.4 is 0 Å². The molecule has 0 bridgehead atoms. The van der Waals surface area contributed by atoms with Crippen molar-refractivity contribution in [2.75, 3.05) is 0 Å². The van der Waals surface area contributed by atoms with Gasteiger partial charge in [-0.15, -0.1) is 11.6 Å². The van der Waals surface area contributed by atoms with Crippen LogP contribution in [0.4, 0.5) is 0 Å². The first-order valence-corrected chi connectivity index (χ1v) is 7.72. The molecule has 19 heavy (non-hydrogen) atoms. The molecule has 0 spiro atoms. The van der Waals surface area contributed by atoms with Gasteiger partial charge in [0.1, 0.15) is 5.82 Å². The first-order valence-electron chi connectivity index (χ1n) is 5.96. The monoisotopic (exact) mass is 310 g/mol. The minimum absolute atomic E-state index is 0.151. The van der Waals surface area contributed by atoms with Crippen molar-refractivity contribution in [2.24, 2.45) is 0 Å². The average molecular weight is 311 g/mol. The number of fused-ring (bicyclic) bond motifs is 1. The lowest BCUT2D eigenvalue weighted by molar-refractivity contribution is 0.744. The molecule has 1 unspecified atom stereocenters. The molecule has 3 rings (SSSR count). The first kappa shape index (κ1) is 13.0. The van der Waals surface area contributed by atoms with E-state index >= 15 is 0 Å². The van der Waals surface area contributed by atoms with Crippen LogP contribution in [0.1, 0.15) is 23.7 Å². The van der Waals surface area contributed by atoms with E-state index in [1.54, 1.807) is 11.3 Å². The van der Waals surface area contributed by atoms with Crippen molar-refractivity contribution in [3.63, 3.8) is 0 Å². The molecule has 0 aliphatic rings. The highest BCUT2D eigenvalue weighted by atomic mass is 35.5. The summed E-state index contributed by atoms with van der Waals surface area (Å²) < 4.78 is 2.11. The smallest absolute Gasteiger partial charge is 0.128 e. The number of hydrogen-bond acceptors (Lipinski definition) is 2. The number of alkyl halides is 1. The number of aromatic nitrogens is 2. The maximum atomic E-state index is 6.32. The number of halogens is 2. The number of hydrogen-bond donors (Lipinski definition) is 0. The topological polar surface area (TPSA) is 17.8 Å². The standard InChI is InChI=1S/C14H12Cl2N2S/c1-9(15)14-17-12-4-2-3-11(16)13(12)18(14)7-10-5-6-19-8-10/h2-6,8-9H,7H2,1H3. The molecule has 2 aromatic heterocycles. The summed E-state index contributed by atoms with van der Waals surface area (Å²) in [4.78, 5) is 4.60. The first-order chi connectivity index (χ1) is 9.16. The molecule has 1 atom stereocenters. The highest BCUT2D eigenvalue weighted by Gasteiger charge is 2.17. The summed E-state index contributed by atoms with van der Waals surface area (Å²) >= 11 is 14.3. The van der Waals surface area contributed by atoms with E-state index < -0.39 is 0 Å². The van der Waals surface area contributed by atoms with Gasteiger partial charge in [-0.2, -0.15) is 11.3 Å². The van der Waals surface area contributed by atoms with Gasteiger partial charge in [0.2, 0.25) is 0 Å². The second kappa shape index (κ2) is 5.16. The van der Waals surface area contributed by atoms with Gasteiger partial charge in [-0.1, -0.05) is 17.7 Å². The summed E-state index contributed by atoms with van der Waals surface area (Å²) in [5.74, 6) is 0.857. The molecule has 0 amide bonds. The van der Waals surface area contributed by atoms with Crippen LogP contribution in [-0.4, -0.2) is 9.55 Å². The van der Waals surface area contributed by atoms with Gasteiger partial charge >= 0.3 is 0 Å². The van der Waals surface area contributed by atoms with Gasteiger partial charge in [-0.05, 0) is 41.4 Å². The largest absolute Gasteiger partial charge is 0.321 e. The Balaban J connectivity index is 2.21. The van der Waals surface area contributed by atoms with Gasteiger partial charge in [0.25, 0.3) is 0 Å². The van der Waals surface area contributed by atoms with Crippen LogP contribution >= 0.6 is 34.5 Å². The molecule has 2 heterocycles. The Labute approximate surface area is 125 Å². The molecule has 0 N–H and O–H groups in total. The molecule has 98 valence electrons. The van der Waals surface area contributed by atoms with Crippen LogP contribution in [0.5, 0.6) is 0 Å². The Hall–Kier alpha value is -1.03. The summed E-state index contributed by atoms with van der Waals surface area (Å²) in [7, 11) is 0. The van der Waals surface area contributed by atoms with Crippen LogP contribution in [0.15, 0.2) is 35.0 Å². The summed E-state index contributed by atoms with van der Waals surface area (Å²) in [6, 6.07) is 7.87.